The van der Waals surface area contributed by atoms with Crippen molar-refractivity contribution in [2.75, 3.05) is 0 Å². The molecule has 0 aliphatic heterocycles. The minimum absolute atomic E-state index is 0.773. The van der Waals surface area contributed by atoms with Crippen molar-refractivity contribution in [3.05, 3.63) is 33.9 Å². The molecule has 0 amide bonds. The van der Waals surface area contributed by atoms with Gasteiger partial charge in [-0.3, -0.25) is 0 Å². The Hall–Kier alpha value is -0.780. The van der Waals surface area contributed by atoms with Gasteiger partial charge in [0, 0.05) is 0 Å². The molecule has 0 bridgehead atoms. The second-order valence-electron chi connectivity index (χ2n) is 12.3. The van der Waals surface area contributed by atoms with E-state index in [1.54, 1.807) is 27.8 Å². The van der Waals surface area contributed by atoms with Gasteiger partial charge in [-0.2, -0.15) is 0 Å². The largest absolute Gasteiger partial charge is 0.0628 e. The number of hydrogen-bond acceptors (Lipinski definition) is 0. The molecular formula is C31H56. The van der Waals surface area contributed by atoms with Crippen LogP contribution < -0.4 is 0 Å². The zero-order chi connectivity index (χ0) is 23.6. The van der Waals surface area contributed by atoms with Crippen molar-refractivity contribution >= 4 is 0 Å². The highest BCUT2D eigenvalue weighted by Gasteiger charge is 2.19. The molecule has 0 heterocycles. The predicted octanol–water partition coefficient (Wildman–Crippen LogP) is 9.63. The van der Waals surface area contributed by atoms with Crippen LogP contribution >= 0.6 is 0 Å². The van der Waals surface area contributed by atoms with E-state index in [1.165, 1.54) is 64.2 Å². The Morgan fingerprint density at radius 2 is 0.645 bits per heavy atom. The standard InChI is InChI=1S/C31H56/c1-22(2)11-16-27-21-28(17-12-23(3)4)30(19-14-25(7)8)31(20-15-26(9)10)29(27)18-13-24(5)6/h21-26H,11-20H2,1-10H3. The molecule has 0 fully saturated rings. The second kappa shape index (κ2) is 14.4. The zero-order valence-corrected chi connectivity index (χ0v) is 23.0. The monoisotopic (exact) mass is 428 g/mol. The Balaban J connectivity index is 3.56. The van der Waals surface area contributed by atoms with Crippen molar-refractivity contribution in [3.63, 3.8) is 0 Å². The highest BCUT2D eigenvalue weighted by atomic mass is 14.2. The van der Waals surface area contributed by atoms with Crippen molar-refractivity contribution in [2.45, 2.75) is 133 Å². The quantitative estimate of drug-likeness (QED) is 0.261. The molecule has 0 saturated carbocycles. The molecular weight excluding hydrogens is 372 g/mol. The lowest BCUT2D eigenvalue weighted by atomic mass is 9.80. The molecule has 0 aliphatic rings. The highest BCUT2D eigenvalue weighted by molar-refractivity contribution is 5.47. The molecule has 0 spiro atoms. The Kier molecular flexibility index (Phi) is 13.1. The third-order valence-corrected chi connectivity index (χ3v) is 6.75. The van der Waals surface area contributed by atoms with Crippen LogP contribution in [0.15, 0.2) is 6.07 Å². The SMILES string of the molecule is CC(C)CCc1cc(CCC(C)C)c(CCC(C)C)c(CCC(C)C)c1CCC(C)C. The first-order chi connectivity index (χ1) is 14.5. The van der Waals surface area contributed by atoms with Crippen LogP contribution in [0.2, 0.25) is 0 Å². The van der Waals surface area contributed by atoms with E-state index in [1.807, 2.05) is 0 Å². The van der Waals surface area contributed by atoms with E-state index in [4.69, 9.17) is 0 Å². The van der Waals surface area contributed by atoms with Gasteiger partial charge in [-0.15, -0.1) is 0 Å². The normalized spacial score (nSPS) is 12.4. The molecule has 1 aromatic carbocycles. The molecule has 0 unspecified atom stereocenters. The van der Waals surface area contributed by atoms with Gasteiger partial charge in [-0.05, 0) is 122 Å². The summed E-state index contributed by atoms with van der Waals surface area (Å²) in [5, 5.41) is 0. The van der Waals surface area contributed by atoms with Crippen LogP contribution in [0.1, 0.15) is 129 Å². The summed E-state index contributed by atoms with van der Waals surface area (Å²) in [6.07, 6.45) is 12.9. The molecule has 0 N–H and O–H groups in total. The van der Waals surface area contributed by atoms with Crippen LogP contribution in [0.5, 0.6) is 0 Å². The van der Waals surface area contributed by atoms with Crippen molar-refractivity contribution in [2.24, 2.45) is 29.6 Å². The van der Waals surface area contributed by atoms with E-state index in [-0.39, 0.29) is 0 Å². The summed E-state index contributed by atoms with van der Waals surface area (Å²) in [5.74, 6) is 3.87. The molecule has 180 valence electrons. The van der Waals surface area contributed by atoms with Crippen LogP contribution in [0.4, 0.5) is 0 Å². The average molecular weight is 429 g/mol. The van der Waals surface area contributed by atoms with E-state index in [0.717, 1.165) is 29.6 Å². The summed E-state index contributed by atoms with van der Waals surface area (Å²) >= 11 is 0. The second-order valence-corrected chi connectivity index (χ2v) is 12.3. The van der Waals surface area contributed by atoms with E-state index in [9.17, 15) is 0 Å². The van der Waals surface area contributed by atoms with Gasteiger partial charge in [0.05, 0.1) is 0 Å². The van der Waals surface area contributed by atoms with Crippen molar-refractivity contribution in [1.82, 2.24) is 0 Å². The summed E-state index contributed by atoms with van der Waals surface area (Å²) in [4.78, 5) is 0. The molecule has 1 rings (SSSR count). The van der Waals surface area contributed by atoms with Gasteiger partial charge < -0.3 is 0 Å². The molecule has 0 atom stereocenters. The minimum atomic E-state index is 0.773. The van der Waals surface area contributed by atoms with Gasteiger partial charge in [0.2, 0.25) is 0 Å². The molecule has 0 radical (unpaired) electrons. The fourth-order valence-electron chi connectivity index (χ4n) is 4.51. The Bertz CT molecular complexity index is 569. The zero-order valence-electron chi connectivity index (χ0n) is 23.0. The first-order valence-corrected chi connectivity index (χ1v) is 13.7. The van der Waals surface area contributed by atoms with Gasteiger partial charge >= 0.3 is 0 Å². The van der Waals surface area contributed by atoms with Crippen molar-refractivity contribution in [1.29, 1.82) is 0 Å². The van der Waals surface area contributed by atoms with Gasteiger partial charge in [-0.25, -0.2) is 0 Å². The third-order valence-electron chi connectivity index (χ3n) is 6.75. The number of aryl methyl sites for hydroxylation is 2. The molecule has 1 aromatic rings. The Morgan fingerprint density at radius 1 is 0.387 bits per heavy atom. The molecule has 0 aromatic heterocycles. The first kappa shape index (κ1) is 28.3. The summed E-state index contributed by atoms with van der Waals surface area (Å²) in [7, 11) is 0. The fourth-order valence-corrected chi connectivity index (χ4v) is 4.51. The highest BCUT2D eigenvalue weighted by Crippen LogP contribution is 2.32. The van der Waals surface area contributed by atoms with Gasteiger partial charge in [0.1, 0.15) is 0 Å². The summed E-state index contributed by atoms with van der Waals surface area (Å²) in [5.41, 5.74) is 8.67. The topological polar surface area (TPSA) is 0 Å². The maximum absolute atomic E-state index is 2.68. The van der Waals surface area contributed by atoms with Crippen molar-refractivity contribution in [3.8, 4) is 0 Å². The lowest BCUT2D eigenvalue weighted by Crippen LogP contribution is -2.13. The maximum Gasteiger partial charge on any atom is -0.0271 e. The summed E-state index contributed by atoms with van der Waals surface area (Å²) in [6, 6.07) is 2.68. The van der Waals surface area contributed by atoms with E-state index >= 15 is 0 Å². The number of rotatable bonds is 15. The van der Waals surface area contributed by atoms with Crippen molar-refractivity contribution < 1.29 is 0 Å². The first-order valence-electron chi connectivity index (χ1n) is 13.7. The van der Waals surface area contributed by atoms with Crippen LogP contribution in [-0.4, -0.2) is 0 Å². The Morgan fingerprint density at radius 3 is 0.935 bits per heavy atom. The lowest BCUT2D eigenvalue weighted by molar-refractivity contribution is 0.547. The van der Waals surface area contributed by atoms with E-state index in [2.05, 4.69) is 75.3 Å². The van der Waals surface area contributed by atoms with Crippen LogP contribution in [-0.2, 0) is 32.1 Å². The summed E-state index contributed by atoms with van der Waals surface area (Å²) < 4.78 is 0. The van der Waals surface area contributed by atoms with E-state index in [0.29, 0.717) is 0 Å². The molecule has 0 saturated heterocycles. The number of benzene rings is 1. The lowest BCUT2D eigenvalue weighted by Gasteiger charge is -2.25. The van der Waals surface area contributed by atoms with Crippen LogP contribution in [0, 0.1) is 29.6 Å². The van der Waals surface area contributed by atoms with Gasteiger partial charge in [-0.1, -0.05) is 75.3 Å². The maximum atomic E-state index is 2.68. The number of hydrogen-bond donors (Lipinski definition) is 0. The van der Waals surface area contributed by atoms with E-state index < -0.39 is 0 Å². The van der Waals surface area contributed by atoms with Crippen LogP contribution in [0.3, 0.4) is 0 Å². The van der Waals surface area contributed by atoms with Gasteiger partial charge in [0.25, 0.3) is 0 Å². The molecule has 0 aliphatic carbocycles. The minimum Gasteiger partial charge on any atom is -0.0628 e. The Labute approximate surface area is 197 Å². The fraction of sp³-hybridized carbons (Fsp3) is 0.806. The molecule has 0 nitrogen and oxygen atoms in total. The smallest absolute Gasteiger partial charge is 0.0271 e. The average Bonchev–Trinajstić information content (AvgIpc) is 2.65. The molecule has 31 heavy (non-hydrogen) atoms. The predicted molar refractivity (Wildman–Crippen MR) is 142 cm³/mol. The summed E-state index contributed by atoms with van der Waals surface area (Å²) in [6.45, 7) is 23.9. The molecule has 0 heteroatoms. The van der Waals surface area contributed by atoms with Gasteiger partial charge in [0.15, 0.2) is 0 Å². The third kappa shape index (κ3) is 11.1. The van der Waals surface area contributed by atoms with Crippen LogP contribution in [0.25, 0.3) is 0 Å².